The predicted molar refractivity (Wildman–Crippen MR) is 96.6 cm³/mol. The molecule has 2 heterocycles. The molecule has 0 aliphatic rings. The standard InChI is InChI=1S/C16H15BrN4OS/c1-2-13(15(22)19-11-6-4-3-5-7-11)23-16-20-12-8-10(17)9-18-14(12)21-16/h3-9,13H,2H2,1H3,(H,19,22)(H,18,20,21)/t13-/m1/s1. The van der Waals surface area contributed by atoms with Crippen LogP contribution in [0, 0.1) is 0 Å². The normalized spacial score (nSPS) is 12.3. The zero-order chi connectivity index (χ0) is 16.2. The first-order valence-electron chi connectivity index (χ1n) is 7.19. The van der Waals surface area contributed by atoms with E-state index in [4.69, 9.17) is 0 Å². The molecule has 7 heteroatoms. The maximum atomic E-state index is 12.4. The summed E-state index contributed by atoms with van der Waals surface area (Å²) in [6.45, 7) is 1.99. The van der Waals surface area contributed by atoms with Crippen LogP contribution in [0.1, 0.15) is 13.3 Å². The summed E-state index contributed by atoms with van der Waals surface area (Å²) in [5.74, 6) is -0.0294. The fraction of sp³-hybridized carbons (Fsp3) is 0.188. The molecule has 3 rings (SSSR count). The Morgan fingerprint density at radius 2 is 2.17 bits per heavy atom. The summed E-state index contributed by atoms with van der Waals surface area (Å²) in [5, 5.41) is 3.40. The summed E-state index contributed by atoms with van der Waals surface area (Å²) in [5.41, 5.74) is 2.29. The van der Waals surface area contributed by atoms with Gasteiger partial charge in [-0.1, -0.05) is 36.9 Å². The van der Waals surface area contributed by atoms with Gasteiger partial charge in [-0.05, 0) is 40.5 Å². The Balaban J connectivity index is 1.73. The number of carbonyl (C=O) groups excluding carboxylic acids is 1. The number of hydrogen-bond donors (Lipinski definition) is 2. The van der Waals surface area contributed by atoms with Gasteiger partial charge >= 0.3 is 0 Å². The number of nitrogens with zero attached hydrogens (tertiary/aromatic N) is 2. The lowest BCUT2D eigenvalue weighted by atomic mass is 10.3. The fourth-order valence-electron chi connectivity index (χ4n) is 2.11. The number of carbonyl (C=O) groups is 1. The molecule has 2 aromatic heterocycles. The third-order valence-corrected chi connectivity index (χ3v) is 4.92. The number of nitrogens with one attached hydrogen (secondary N) is 2. The van der Waals surface area contributed by atoms with E-state index >= 15 is 0 Å². The number of pyridine rings is 1. The molecule has 2 N–H and O–H groups in total. The highest BCUT2D eigenvalue weighted by Crippen LogP contribution is 2.26. The van der Waals surface area contributed by atoms with E-state index < -0.39 is 0 Å². The average molecular weight is 391 g/mol. The number of anilines is 1. The van der Waals surface area contributed by atoms with Crippen LogP contribution in [0.3, 0.4) is 0 Å². The van der Waals surface area contributed by atoms with Crippen LogP contribution in [0.5, 0.6) is 0 Å². The molecule has 0 unspecified atom stereocenters. The number of aromatic nitrogens is 3. The first-order chi connectivity index (χ1) is 11.2. The minimum atomic E-state index is -0.223. The first kappa shape index (κ1) is 16.0. The van der Waals surface area contributed by atoms with Gasteiger partial charge in [0.25, 0.3) is 0 Å². The molecule has 0 aliphatic heterocycles. The van der Waals surface area contributed by atoms with Gasteiger partial charge in [0.2, 0.25) is 5.91 Å². The van der Waals surface area contributed by atoms with Crippen LogP contribution in [0.4, 0.5) is 5.69 Å². The van der Waals surface area contributed by atoms with Crippen molar-refractivity contribution in [3.8, 4) is 0 Å². The molecule has 118 valence electrons. The molecule has 5 nitrogen and oxygen atoms in total. The van der Waals surface area contributed by atoms with Crippen LogP contribution < -0.4 is 5.32 Å². The Labute approximate surface area is 146 Å². The lowest BCUT2D eigenvalue weighted by molar-refractivity contribution is -0.115. The van der Waals surface area contributed by atoms with Gasteiger partial charge in [-0.3, -0.25) is 4.79 Å². The van der Waals surface area contributed by atoms with Crippen LogP contribution in [0.15, 0.2) is 52.2 Å². The van der Waals surface area contributed by atoms with Crippen molar-refractivity contribution in [3.63, 3.8) is 0 Å². The predicted octanol–water partition coefficient (Wildman–Crippen LogP) is 4.23. The highest BCUT2D eigenvalue weighted by atomic mass is 79.9. The van der Waals surface area contributed by atoms with Crippen molar-refractivity contribution in [2.24, 2.45) is 0 Å². The molecule has 0 fully saturated rings. The SMILES string of the molecule is CC[C@@H](Sc1nc2ncc(Br)cc2[nH]1)C(=O)Nc1ccccc1. The number of rotatable bonds is 5. The highest BCUT2D eigenvalue weighted by molar-refractivity contribution is 9.10. The molecule has 0 spiro atoms. The van der Waals surface area contributed by atoms with Crippen molar-refractivity contribution in [1.82, 2.24) is 15.0 Å². The van der Waals surface area contributed by atoms with E-state index in [2.05, 4.69) is 36.2 Å². The fourth-order valence-corrected chi connectivity index (χ4v) is 3.35. The number of fused-ring (bicyclic) bond motifs is 1. The number of imidazole rings is 1. The van der Waals surface area contributed by atoms with Crippen molar-refractivity contribution >= 4 is 50.5 Å². The summed E-state index contributed by atoms with van der Waals surface area (Å²) in [6, 6.07) is 11.4. The topological polar surface area (TPSA) is 70.7 Å². The molecule has 3 aromatic rings. The van der Waals surface area contributed by atoms with Crippen molar-refractivity contribution in [3.05, 3.63) is 47.1 Å². The molecular formula is C16H15BrN4OS. The molecular weight excluding hydrogens is 376 g/mol. The van der Waals surface area contributed by atoms with Gasteiger partial charge in [-0.15, -0.1) is 0 Å². The third kappa shape index (κ3) is 3.92. The van der Waals surface area contributed by atoms with E-state index in [9.17, 15) is 4.79 Å². The van der Waals surface area contributed by atoms with Crippen molar-refractivity contribution in [2.75, 3.05) is 5.32 Å². The molecule has 1 atom stereocenters. The third-order valence-electron chi connectivity index (χ3n) is 3.24. The van der Waals surface area contributed by atoms with E-state index in [1.807, 2.05) is 43.3 Å². The summed E-state index contributed by atoms with van der Waals surface area (Å²) in [6.07, 6.45) is 2.41. The summed E-state index contributed by atoms with van der Waals surface area (Å²) in [7, 11) is 0. The zero-order valence-electron chi connectivity index (χ0n) is 12.4. The highest BCUT2D eigenvalue weighted by Gasteiger charge is 2.20. The number of aromatic amines is 1. The molecule has 23 heavy (non-hydrogen) atoms. The van der Waals surface area contributed by atoms with Gasteiger partial charge in [-0.2, -0.15) is 0 Å². The maximum Gasteiger partial charge on any atom is 0.237 e. The first-order valence-corrected chi connectivity index (χ1v) is 8.87. The Morgan fingerprint density at radius 1 is 1.39 bits per heavy atom. The van der Waals surface area contributed by atoms with Gasteiger partial charge in [-0.25, -0.2) is 9.97 Å². The van der Waals surface area contributed by atoms with E-state index in [1.165, 1.54) is 11.8 Å². The van der Waals surface area contributed by atoms with Crippen molar-refractivity contribution < 1.29 is 4.79 Å². The quantitative estimate of drug-likeness (QED) is 0.639. The minimum Gasteiger partial charge on any atom is -0.331 e. The zero-order valence-corrected chi connectivity index (χ0v) is 14.8. The Hall–Kier alpha value is -1.86. The molecule has 1 amide bonds. The summed E-state index contributed by atoms with van der Waals surface area (Å²) in [4.78, 5) is 24.3. The second kappa shape index (κ2) is 7.14. The molecule has 0 saturated heterocycles. The molecule has 0 saturated carbocycles. The molecule has 1 aromatic carbocycles. The Morgan fingerprint density at radius 3 is 2.91 bits per heavy atom. The largest absolute Gasteiger partial charge is 0.331 e. The van der Waals surface area contributed by atoms with Crippen LogP contribution in [0.2, 0.25) is 0 Å². The summed E-state index contributed by atoms with van der Waals surface area (Å²) >= 11 is 4.80. The smallest absolute Gasteiger partial charge is 0.237 e. The van der Waals surface area contributed by atoms with Gasteiger partial charge in [0.05, 0.1) is 10.8 Å². The summed E-state index contributed by atoms with van der Waals surface area (Å²) < 4.78 is 0.888. The number of hydrogen-bond acceptors (Lipinski definition) is 4. The lowest BCUT2D eigenvalue weighted by Gasteiger charge is -2.13. The number of halogens is 1. The van der Waals surface area contributed by atoms with Crippen LogP contribution in [-0.2, 0) is 4.79 Å². The van der Waals surface area contributed by atoms with Crippen LogP contribution >= 0.6 is 27.7 Å². The van der Waals surface area contributed by atoms with E-state index in [1.54, 1.807) is 6.20 Å². The second-order valence-corrected chi connectivity index (χ2v) is 7.04. The van der Waals surface area contributed by atoms with Gasteiger partial charge in [0.1, 0.15) is 0 Å². The number of thioether (sulfide) groups is 1. The van der Waals surface area contributed by atoms with Gasteiger partial charge in [0.15, 0.2) is 10.8 Å². The van der Waals surface area contributed by atoms with E-state index in [-0.39, 0.29) is 11.2 Å². The molecule has 0 radical (unpaired) electrons. The Bertz CT molecular complexity index is 821. The monoisotopic (exact) mass is 390 g/mol. The van der Waals surface area contributed by atoms with Crippen molar-refractivity contribution in [1.29, 1.82) is 0 Å². The number of benzene rings is 1. The minimum absolute atomic E-state index is 0.0294. The maximum absolute atomic E-state index is 12.4. The number of amides is 1. The van der Waals surface area contributed by atoms with E-state index in [0.29, 0.717) is 17.2 Å². The average Bonchev–Trinajstić information content (AvgIpc) is 2.95. The van der Waals surface area contributed by atoms with Crippen molar-refractivity contribution in [2.45, 2.75) is 23.8 Å². The number of H-pyrrole nitrogens is 1. The van der Waals surface area contributed by atoms with E-state index in [0.717, 1.165) is 15.7 Å². The van der Waals surface area contributed by atoms with Gasteiger partial charge in [0, 0.05) is 16.4 Å². The second-order valence-electron chi connectivity index (χ2n) is 4.94. The van der Waals surface area contributed by atoms with Gasteiger partial charge < -0.3 is 10.3 Å². The Kier molecular flexibility index (Phi) is 4.97. The molecule has 0 bridgehead atoms. The van der Waals surface area contributed by atoms with Crippen LogP contribution in [-0.4, -0.2) is 26.1 Å². The lowest BCUT2D eigenvalue weighted by Crippen LogP contribution is -2.24. The van der Waals surface area contributed by atoms with Crippen LogP contribution in [0.25, 0.3) is 11.2 Å². The number of para-hydroxylation sites is 1. The molecule has 0 aliphatic carbocycles.